The Morgan fingerprint density at radius 1 is 1.10 bits per heavy atom. The van der Waals surface area contributed by atoms with E-state index in [2.05, 4.69) is 0 Å². The van der Waals surface area contributed by atoms with Crippen LogP contribution in [0.2, 0.25) is 0 Å². The fraction of sp³-hybridized carbons (Fsp3) is 0.235. The van der Waals surface area contributed by atoms with Gasteiger partial charge in [-0.25, -0.2) is 9.78 Å². The molecule has 4 heteroatoms. The number of benzene rings is 2. The molecule has 0 amide bonds. The first-order chi connectivity index (χ1) is 10.3. The molecule has 0 spiro atoms. The molecule has 2 unspecified atom stereocenters. The van der Waals surface area contributed by atoms with Crippen LogP contribution in [0.4, 0.5) is 0 Å². The molecule has 0 radical (unpaired) electrons. The average Bonchev–Trinajstić information content (AvgIpc) is 3.09. The predicted molar refractivity (Wildman–Crippen MR) is 76.6 cm³/mol. The molecule has 3 rings (SSSR count). The van der Waals surface area contributed by atoms with Crippen molar-refractivity contribution in [1.29, 1.82) is 0 Å². The zero-order chi connectivity index (χ0) is 14.7. The SMILES string of the molecule is CC(c1ccccc1C(=O)c1ccccc1)C1OCOO1. The van der Waals surface area contributed by atoms with Crippen molar-refractivity contribution in [3.63, 3.8) is 0 Å². The quantitative estimate of drug-likeness (QED) is 0.638. The summed E-state index contributed by atoms with van der Waals surface area (Å²) in [6, 6.07) is 16.8. The third kappa shape index (κ3) is 2.88. The largest absolute Gasteiger partial charge is 0.320 e. The Hall–Kier alpha value is -2.01. The van der Waals surface area contributed by atoms with E-state index >= 15 is 0 Å². The van der Waals surface area contributed by atoms with Gasteiger partial charge in [-0.2, -0.15) is 0 Å². The minimum atomic E-state index is -0.491. The van der Waals surface area contributed by atoms with E-state index in [-0.39, 0.29) is 18.5 Å². The maximum Gasteiger partial charge on any atom is 0.200 e. The zero-order valence-electron chi connectivity index (χ0n) is 11.7. The van der Waals surface area contributed by atoms with Crippen LogP contribution in [-0.4, -0.2) is 18.9 Å². The van der Waals surface area contributed by atoms with Gasteiger partial charge in [-0.15, -0.1) is 0 Å². The molecule has 2 atom stereocenters. The standard InChI is InChI=1S/C17H16O4/c1-12(17-19-11-20-21-17)14-9-5-6-10-15(14)16(18)13-7-3-2-4-8-13/h2-10,12,17H,11H2,1H3. The number of carbonyl (C=O) groups excluding carboxylic acids is 1. The molecule has 108 valence electrons. The summed E-state index contributed by atoms with van der Waals surface area (Å²) < 4.78 is 5.35. The molecule has 0 bridgehead atoms. The Morgan fingerprint density at radius 3 is 2.52 bits per heavy atom. The van der Waals surface area contributed by atoms with Gasteiger partial charge >= 0.3 is 0 Å². The monoisotopic (exact) mass is 284 g/mol. The van der Waals surface area contributed by atoms with Crippen LogP contribution in [0, 0.1) is 0 Å². The van der Waals surface area contributed by atoms with Crippen molar-refractivity contribution in [1.82, 2.24) is 0 Å². The first-order valence-electron chi connectivity index (χ1n) is 6.86. The first kappa shape index (κ1) is 13.9. The van der Waals surface area contributed by atoms with Gasteiger partial charge in [-0.05, 0) is 5.56 Å². The van der Waals surface area contributed by atoms with E-state index in [0.717, 1.165) is 5.56 Å². The Bertz CT molecular complexity index is 618. The summed E-state index contributed by atoms with van der Waals surface area (Å²) >= 11 is 0. The van der Waals surface area contributed by atoms with E-state index in [4.69, 9.17) is 14.5 Å². The highest BCUT2D eigenvalue weighted by Gasteiger charge is 2.29. The minimum Gasteiger partial charge on any atom is -0.320 e. The van der Waals surface area contributed by atoms with Crippen LogP contribution in [0.25, 0.3) is 0 Å². The molecule has 21 heavy (non-hydrogen) atoms. The lowest BCUT2D eigenvalue weighted by Crippen LogP contribution is -2.19. The number of hydrogen-bond donors (Lipinski definition) is 0. The summed E-state index contributed by atoms with van der Waals surface area (Å²) in [5.41, 5.74) is 2.22. The van der Waals surface area contributed by atoms with Gasteiger partial charge in [-0.1, -0.05) is 61.5 Å². The molecule has 1 aliphatic heterocycles. The van der Waals surface area contributed by atoms with Gasteiger partial charge in [0.15, 0.2) is 12.6 Å². The van der Waals surface area contributed by atoms with Gasteiger partial charge in [0, 0.05) is 17.0 Å². The van der Waals surface area contributed by atoms with Crippen LogP contribution in [0.5, 0.6) is 0 Å². The van der Waals surface area contributed by atoms with Crippen molar-refractivity contribution in [2.24, 2.45) is 0 Å². The van der Waals surface area contributed by atoms with Crippen LogP contribution in [-0.2, 0) is 14.5 Å². The van der Waals surface area contributed by atoms with Gasteiger partial charge in [0.2, 0.25) is 6.29 Å². The summed E-state index contributed by atoms with van der Waals surface area (Å²) in [6.45, 7) is 2.07. The topological polar surface area (TPSA) is 44.8 Å². The third-order valence-corrected chi connectivity index (χ3v) is 3.58. The molecule has 1 saturated heterocycles. The van der Waals surface area contributed by atoms with E-state index in [9.17, 15) is 4.79 Å². The smallest absolute Gasteiger partial charge is 0.200 e. The Balaban J connectivity index is 1.94. The Kier molecular flexibility index (Phi) is 4.10. The zero-order valence-corrected chi connectivity index (χ0v) is 11.7. The summed E-state index contributed by atoms with van der Waals surface area (Å²) in [5, 5.41) is 0. The molecule has 4 nitrogen and oxygen atoms in total. The third-order valence-electron chi connectivity index (χ3n) is 3.58. The van der Waals surface area contributed by atoms with E-state index in [1.807, 2.05) is 61.5 Å². The van der Waals surface area contributed by atoms with Gasteiger partial charge < -0.3 is 4.74 Å². The van der Waals surface area contributed by atoms with E-state index in [1.54, 1.807) is 0 Å². The first-order valence-corrected chi connectivity index (χ1v) is 6.86. The second-order valence-corrected chi connectivity index (χ2v) is 4.94. The van der Waals surface area contributed by atoms with Gasteiger partial charge in [0.1, 0.15) is 0 Å². The van der Waals surface area contributed by atoms with Gasteiger partial charge in [0.25, 0.3) is 0 Å². The highest BCUT2D eigenvalue weighted by Crippen LogP contribution is 2.29. The molecule has 2 aromatic carbocycles. The summed E-state index contributed by atoms with van der Waals surface area (Å²) in [6.07, 6.45) is -0.491. The molecule has 0 N–H and O–H groups in total. The van der Waals surface area contributed by atoms with E-state index in [1.165, 1.54) is 0 Å². The number of rotatable bonds is 4. The lowest BCUT2D eigenvalue weighted by molar-refractivity contribution is -0.280. The number of ether oxygens (including phenoxy) is 1. The van der Waals surface area contributed by atoms with Crippen LogP contribution >= 0.6 is 0 Å². The maximum absolute atomic E-state index is 12.7. The fourth-order valence-corrected chi connectivity index (χ4v) is 2.44. The lowest BCUT2D eigenvalue weighted by Gasteiger charge is -2.19. The summed E-state index contributed by atoms with van der Waals surface area (Å²) in [4.78, 5) is 22.5. The number of ketones is 1. The van der Waals surface area contributed by atoms with E-state index < -0.39 is 6.29 Å². The molecular formula is C17H16O4. The van der Waals surface area contributed by atoms with Gasteiger partial charge in [-0.3, -0.25) is 4.79 Å². The molecule has 2 aromatic rings. The van der Waals surface area contributed by atoms with E-state index in [0.29, 0.717) is 11.1 Å². The number of hydrogen-bond acceptors (Lipinski definition) is 4. The summed E-state index contributed by atoms with van der Waals surface area (Å²) in [7, 11) is 0. The molecular weight excluding hydrogens is 268 g/mol. The van der Waals surface area contributed by atoms with Crippen molar-refractivity contribution in [3.8, 4) is 0 Å². The second kappa shape index (κ2) is 6.18. The maximum atomic E-state index is 12.7. The molecule has 0 saturated carbocycles. The highest BCUT2D eigenvalue weighted by atomic mass is 17.3. The summed E-state index contributed by atoms with van der Waals surface area (Å²) in [5.74, 6) is -0.103. The van der Waals surface area contributed by atoms with Crippen LogP contribution in [0.15, 0.2) is 54.6 Å². The second-order valence-electron chi connectivity index (χ2n) is 4.94. The Morgan fingerprint density at radius 2 is 1.81 bits per heavy atom. The highest BCUT2D eigenvalue weighted by molar-refractivity contribution is 6.10. The van der Waals surface area contributed by atoms with Crippen molar-refractivity contribution in [3.05, 3.63) is 71.3 Å². The molecule has 1 fully saturated rings. The minimum absolute atomic E-state index is 0.00281. The molecule has 0 aromatic heterocycles. The normalized spacial score (nSPS) is 19.4. The molecule has 1 aliphatic rings. The predicted octanol–water partition coefficient (Wildman–Crippen LogP) is 3.28. The molecule has 0 aliphatic carbocycles. The van der Waals surface area contributed by atoms with Crippen molar-refractivity contribution in [2.75, 3.05) is 6.79 Å². The van der Waals surface area contributed by atoms with Crippen molar-refractivity contribution in [2.45, 2.75) is 19.1 Å². The van der Waals surface area contributed by atoms with Crippen LogP contribution in [0.3, 0.4) is 0 Å². The number of carbonyl (C=O) groups is 1. The lowest BCUT2D eigenvalue weighted by atomic mass is 9.91. The average molecular weight is 284 g/mol. The fourth-order valence-electron chi connectivity index (χ4n) is 2.44. The van der Waals surface area contributed by atoms with Crippen LogP contribution in [0.1, 0.15) is 34.3 Å². The van der Waals surface area contributed by atoms with Crippen molar-refractivity contribution < 1.29 is 19.3 Å². The van der Waals surface area contributed by atoms with Crippen molar-refractivity contribution >= 4 is 5.78 Å². The molecule has 1 heterocycles. The van der Waals surface area contributed by atoms with Crippen LogP contribution < -0.4 is 0 Å². The van der Waals surface area contributed by atoms with Gasteiger partial charge in [0.05, 0.1) is 0 Å². The Labute approximate surface area is 123 Å².